The van der Waals surface area contributed by atoms with E-state index in [9.17, 15) is 0 Å². The van der Waals surface area contributed by atoms with E-state index in [0.717, 1.165) is 17.1 Å². The molecule has 0 heterocycles. The summed E-state index contributed by atoms with van der Waals surface area (Å²) < 4.78 is 0. The molecule has 9 aromatic rings. The number of anilines is 3. The summed E-state index contributed by atoms with van der Waals surface area (Å²) in [7, 11) is 0. The minimum absolute atomic E-state index is 0.107. The topological polar surface area (TPSA) is 3.24 Å². The Labute approximate surface area is 352 Å². The number of hydrogen-bond acceptors (Lipinski definition) is 1. The van der Waals surface area contributed by atoms with E-state index in [2.05, 4.69) is 243 Å². The van der Waals surface area contributed by atoms with Gasteiger partial charge in [0.05, 0.1) is 10.8 Å². The quantitative estimate of drug-likeness (QED) is 0.169. The highest BCUT2D eigenvalue weighted by Crippen LogP contribution is 2.65. The molecule has 0 fully saturated rings. The molecule has 0 saturated heterocycles. The van der Waals surface area contributed by atoms with Gasteiger partial charge in [-0.2, -0.15) is 0 Å². The van der Waals surface area contributed by atoms with Crippen LogP contribution < -0.4 is 4.90 Å². The molecular formula is C59H43N. The molecule has 3 aliphatic carbocycles. The first kappa shape index (κ1) is 34.8. The SMILES string of the molecule is CC1(C)c2ccccc2-c2ccc(N(c3ccccc3)c3ccc4c(c3)-c3ccccc3C43c4ccccc4C(c4ccccc4)(c4ccccc4)c4ccccc43)cc21. The van der Waals surface area contributed by atoms with Crippen LogP contribution in [-0.2, 0) is 16.2 Å². The minimum Gasteiger partial charge on any atom is -0.310 e. The van der Waals surface area contributed by atoms with E-state index in [4.69, 9.17) is 0 Å². The van der Waals surface area contributed by atoms with Crippen LogP contribution in [0.25, 0.3) is 22.3 Å². The maximum Gasteiger partial charge on any atom is 0.0720 e. The Kier molecular flexibility index (Phi) is 7.47. The molecule has 9 aromatic carbocycles. The van der Waals surface area contributed by atoms with Crippen LogP contribution >= 0.6 is 0 Å². The van der Waals surface area contributed by atoms with Crippen LogP contribution in [0.4, 0.5) is 17.1 Å². The van der Waals surface area contributed by atoms with Crippen molar-refractivity contribution < 1.29 is 0 Å². The normalized spacial score (nSPS) is 15.2. The fourth-order valence-electron chi connectivity index (χ4n) is 11.6. The van der Waals surface area contributed by atoms with E-state index < -0.39 is 10.8 Å². The molecule has 12 rings (SSSR count). The molecule has 0 amide bonds. The summed E-state index contributed by atoms with van der Waals surface area (Å²) in [5.74, 6) is 0. The average molecular weight is 766 g/mol. The lowest BCUT2D eigenvalue weighted by Gasteiger charge is -2.50. The van der Waals surface area contributed by atoms with Gasteiger partial charge in [-0.25, -0.2) is 0 Å². The number of para-hydroxylation sites is 1. The van der Waals surface area contributed by atoms with Gasteiger partial charge in [-0.15, -0.1) is 0 Å². The molecule has 0 N–H and O–H groups in total. The third-order valence-corrected chi connectivity index (χ3v) is 14.0. The molecule has 0 aromatic heterocycles. The standard InChI is InChI=1S/C59H43N/c1-57(2)49-28-14-12-26-45(49)47-36-34-44(39-56(47)57)60(42-24-10-5-11-25-42)43-35-37-51-48(38-43)46-27-13-15-29-50(46)59(51)54-32-18-16-30-52(54)58(40-20-6-3-7-21-40,41-22-8-4-9-23-41)53-31-17-19-33-55(53)59/h3-39H,1-2H3. The molecule has 284 valence electrons. The smallest absolute Gasteiger partial charge is 0.0720 e. The molecule has 1 spiro atoms. The summed E-state index contributed by atoms with van der Waals surface area (Å²) in [6, 6.07) is 84.2. The molecular weight excluding hydrogens is 723 g/mol. The van der Waals surface area contributed by atoms with E-state index in [-0.39, 0.29) is 5.41 Å². The maximum atomic E-state index is 2.46. The lowest BCUT2D eigenvalue weighted by molar-refractivity contribution is 0.623. The van der Waals surface area contributed by atoms with E-state index in [0.29, 0.717) is 0 Å². The lowest BCUT2D eigenvalue weighted by Crippen LogP contribution is -2.44. The fraction of sp³-hybridized carbons (Fsp3) is 0.0847. The first-order chi connectivity index (χ1) is 29.5. The number of rotatable bonds is 5. The van der Waals surface area contributed by atoms with E-state index >= 15 is 0 Å². The van der Waals surface area contributed by atoms with Gasteiger partial charge in [0.25, 0.3) is 0 Å². The summed E-state index contributed by atoms with van der Waals surface area (Å²) in [5, 5.41) is 0. The van der Waals surface area contributed by atoms with Crippen molar-refractivity contribution in [3.05, 3.63) is 280 Å². The minimum atomic E-state index is -0.536. The van der Waals surface area contributed by atoms with Gasteiger partial charge in [0.1, 0.15) is 0 Å². The molecule has 0 radical (unpaired) electrons. The summed E-state index contributed by atoms with van der Waals surface area (Å²) in [4.78, 5) is 2.45. The average Bonchev–Trinajstić information content (AvgIpc) is 3.73. The van der Waals surface area contributed by atoms with Crippen molar-refractivity contribution in [1.82, 2.24) is 0 Å². The van der Waals surface area contributed by atoms with Crippen molar-refractivity contribution in [1.29, 1.82) is 0 Å². The van der Waals surface area contributed by atoms with Gasteiger partial charge in [-0.3, -0.25) is 0 Å². The monoisotopic (exact) mass is 765 g/mol. The maximum absolute atomic E-state index is 2.46. The Hall–Kier alpha value is -7.22. The van der Waals surface area contributed by atoms with Crippen LogP contribution in [-0.4, -0.2) is 0 Å². The molecule has 3 aliphatic rings. The largest absolute Gasteiger partial charge is 0.310 e. The van der Waals surface area contributed by atoms with Crippen LogP contribution in [0.15, 0.2) is 224 Å². The predicted octanol–water partition coefficient (Wildman–Crippen LogP) is 14.5. The highest BCUT2D eigenvalue weighted by atomic mass is 15.1. The van der Waals surface area contributed by atoms with Gasteiger partial charge in [-0.1, -0.05) is 202 Å². The first-order valence-corrected chi connectivity index (χ1v) is 21.2. The number of fused-ring (bicyclic) bond motifs is 12. The third kappa shape index (κ3) is 4.52. The van der Waals surface area contributed by atoms with Gasteiger partial charge < -0.3 is 4.90 Å². The van der Waals surface area contributed by atoms with E-state index in [1.165, 1.54) is 77.9 Å². The van der Waals surface area contributed by atoms with Crippen molar-refractivity contribution >= 4 is 17.1 Å². The highest BCUT2D eigenvalue weighted by molar-refractivity contribution is 5.93. The summed E-state index contributed by atoms with van der Waals surface area (Å²) >= 11 is 0. The Balaban J connectivity index is 1.12. The second-order valence-electron chi connectivity index (χ2n) is 17.2. The van der Waals surface area contributed by atoms with Crippen LogP contribution in [0, 0.1) is 0 Å². The summed E-state index contributed by atoms with van der Waals surface area (Å²) in [6.07, 6.45) is 0. The van der Waals surface area contributed by atoms with Crippen molar-refractivity contribution in [2.24, 2.45) is 0 Å². The van der Waals surface area contributed by atoms with Crippen molar-refractivity contribution in [2.75, 3.05) is 4.90 Å². The lowest BCUT2D eigenvalue weighted by atomic mass is 9.51. The van der Waals surface area contributed by atoms with Gasteiger partial charge in [0.2, 0.25) is 0 Å². The highest BCUT2D eigenvalue weighted by Gasteiger charge is 2.56. The molecule has 0 atom stereocenters. The molecule has 1 nitrogen and oxygen atoms in total. The zero-order valence-corrected chi connectivity index (χ0v) is 33.8. The van der Waals surface area contributed by atoms with Gasteiger partial charge in [0, 0.05) is 22.5 Å². The molecule has 0 aliphatic heterocycles. The van der Waals surface area contributed by atoms with Crippen molar-refractivity contribution in [2.45, 2.75) is 30.1 Å². The Morgan fingerprint density at radius 1 is 0.267 bits per heavy atom. The van der Waals surface area contributed by atoms with Gasteiger partial charge >= 0.3 is 0 Å². The van der Waals surface area contributed by atoms with Crippen LogP contribution in [0.3, 0.4) is 0 Å². The molecule has 1 heteroatoms. The number of nitrogens with zero attached hydrogens (tertiary/aromatic N) is 1. The predicted molar refractivity (Wildman–Crippen MR) is 248 cm³/mol. The third-order valence-electron chi connectivity index (χ3n) is 14.0. The van der Waals surface area contributed by atoms with Gasteiger partial charge in [0.15, 0.2) is 0 Å². The number of hydrogen-bond donors (Lipinski definition) is 0. The van der Waals surface area contributed by atoms with E-state index in [1.807, 2.05) is 0 Å². The van der Waals surface area contributed by atoms with Crippen molar-refractivity contribution in [3.63, 3.8) is 0 Å². The Bertz CT molecular complexity index is 3030. The zero-order valence-electron chi connectivity index (χ0n) is 33.8. The van der Waals surface area contributed by atoms with Crippen LogP contribution in [0.5, 0.6) is 0 Å². The van der Waals surface area contributed by atoms with Crippen molar-refractivity contribution in [3.8, 4) is 22.3 Å². The molecule has 0 unspecified atom stereocenters. The van der Waals surface area contributed by atoms with Crippen LogP contribution in [0.2, 0.25) is 0 Å². The number of benzene rings is 9. The Morgan fingerprint density at radius 2 is 0.667 bits per heavy atom. The fourth-order valence-corrected chi connectivity index (χ4v) is 11.6. The molecule has 0 bridgehead atoms. The molecule has 60 heavy (non-hydrogen) atoms. The molecule has 0 saturated carbocycles. The second kappa shape index (κ2) is 12.9. The summed E-state index contributed by atoms with van der Waals surface area (Å²) in [6.45, 7) is 4.73. The first-order valence-electron chi connectivity index (χ1n) is 21.2. The second-order valence-corrected chi connectivity index (χ2v) is 17.2. The van der Waals surface area contributed by atoms with E-state index in [1.54, 1.807) is 0 Å². The zero-order chi connectivity index (χ0) is 40.1. The van der Waals surface area contributed by atoms with Gasteiger partial charge in [-0.05, 0) is 114 Å². The van der Waals surface area contributed by atoms with Crippen LogP contribution in [0.1, 0.15) is 69.5 Å². The summed E-state index contributed by atoms with van der Waals surface area (Å²) in [5.41, 5.74) is 20.7. The Morgan fingerprint density at radius 3 is 1.25 bits per heavy atom.